The number of carbonyl (C=O) groups is 1. The summed E-state index contributed by atoms with van der Waals surface area (Å²) in [5.74, 6) is 2.73. The van der Waals surface area contributed by atoms with Gasteiger partial charge in [0.15, 0.2) is 5.78 Å². The van der Waals surface area contributed by atoms with E-state index in [0.29, 0.717) is 23.5 Å². The van der Waals surface area contributed by atoms with E-state index in [-0.39, 0.29) is 42.5 Å². The maximum Gasteiger partial charge on any atom is 0.217 e. The number of allylic oxidation sites excluding steroid dienone is 2. The van der Waals surface area contributed by atoms with Crippen LogP contribution in [0.25, 0.3) is 10.8 Å². The van der Waals surface area contributed by atoms with Gasteiger partial charge in [-0.25, -0.2) is 4.98 Å². The minimum Gasteiger partial charge on any atom is -0.512 e. The molecule has 0 spiro atoms. The number of benzene rings is 2. The molecule has 3 aromatic rings. The van der Waals surface area contributed by atoms with Crippen molar-refractivity contribution in [3.63, 3.8) is 0 Å². The normalized spacial score (nSPS) is 14.6. The quantitative estimate of drug-likeness (QED) is 0.134. The molecule has 0 bridgehead atoms. The number of aliphatic hydroxyl groups excluding tert-OH is 1. The van der Waals surface area contributed by atoms with Crippen LogP contribution in [0.2, 0.25) is 0 Å². The third-order valence-corrected chi connectivity index (χ3v) is 8.88. The molecule has 0 unspecified atom stereocenters. The topological polar surface area (TPSA) is 59.4 Å². The van der Waals surface area contributed by atoms with Crippen LogP contribution in [0, 0.1) is 16.9 Å². The van der Waals surface area contributed by atoms with Gasteiger partial charge in [0.2, 0.25) is 5.88 Å². The maximum absolute atomic E-state index is 11.8. The summed E-state index contributed by atoms with van der Waals surface area (Å²) in [6.07, 6.45) is 11.6. The molecule has 0 amide bonds. The summed E-state index contributed by atoms with van der Waals surface area (Å²) in [5, 5.41) is 12.4. The number of aliphatic hydroxyl groups is 1. The number of hydrogen-bond acceptors (Lipinski definition) is 4. The molecule has 2 aromatic carbocycles. The Balaban J connectivity index is 0.000000334. The van der Waals surface area contributed by atoms with Crippen LogP contribution in [-0.4, -0.2) is 15.9 Å². The Labute approximate surface area is 267 Å². The van der Waals surface area contributed by atoms with E-state index in [0.717, 1.165) is 12.8 Å². The van der Waals surface area contributed by atoms with E-state index >= 15 is 0 Å². The van der Waals surface area contributed by atoms with Gasteiger partial charge < -0.3 is 9.84 Å². The van der Waals surface area contributed by atoms with Gasteiger partial charge in [-0.2, -0.15) is 18.2 Å². The van der Waals surface area contributed by atoms with Crippen molar-refractivity contribution in [2.45, 2.75) is 112 Å². The summed E-state index contributed by atoms with van der Waals surface area (Å²) < 4.78 is 5.96. The molecule has 1 N–H and O–H groups in total. The second-order valence-corrected chi connectivity index (χ2v) is 13.0. The second-order valence-electron chi connectivity index (χ2n) is 13.0. The van der Waals surface area contributed by atoms with Gasteiger partial charge in [-0.05, 0) is 54.0 Å². The van der Waals surface area contributed by atoms with Crippen LogP contribution in [-0.2, 0) is 24.9 Å². The van der Waals surface area contributed by atoms with Gasteiger partial charge in [0.05, 0.1) is 0 Å². The first kappa shape index (κ1) is 35.7. The van der Waals surface area contributed by atoms with Crippen molar-refractivity contribution in [3.8, 4) is 11.6 Å². The number of pyridine rings is 1. The van der Waals surface area contributed by atoms with E-state index < -0.39 is 0 Å². The van der Waals surface area contributed by atoms with Gasteiger partial charge in [0, 0.05) is 60.4 Å². The van der Waals surface area contributed by atoms with Crippen molar-refractivity contribution >= 4 is 16.6 Å². The number of para-hydroxylation sites is 1. The minimum absolute atomic E-state index is 0. The Morgan fingerprint density at radius 1 is 1.05 bits per heavy atom. The van der Waals surface area contributed by atoms with Crippen molar-refractivity contribution in [1.82, 2.24) is 4.98 Å². The minimum atomic E-state index is -0.377. The Morgan fingerprint density at radius 2 is 1.71 bits per heavy atom. The van der Waals surface area contributed by atoms with Crippen LogP contribution in [0.3, 0.4) is 0 Å². The van der Waals surface area contributed by atoms with Crippen molar-refractivity contribution in [1.29, 1.82) is 0 Å². The fourth-order valence-electron chi connectivity index (χ4n) is 5.07. The van der Waals surface area contributed by atoms with Gasteiger partial charge in [0.25, 0.3) is 0 Å². The number of aromatic nitrogens is 1. The van der Waals surface area contributed by atoms with E-state index in [2.05, 4.69) is 43.1 Å². The number of fused-ring (bicyclic) bond motifs is 1. The average molecular weight is 749 g/mol. The summed E-state index contributed by atoms with van der Waals surface area (Å²) in [4.78, 5) is 16.4. The van der Waals surface area contributed by atoms with E-state index in [1.807, 2.05) is 72.0 Å². The molecule has 0 aliphatic heterocycles. The van der Waals surface area contributed by atoms with Crippen LogP contribution in [0.4, 0.5) is 0 Å². The van der Waals surface area contributed by atoms with Crippen LogP contribution in [0.5, 0.6) is 11.6 Å². The predicted octanol–water partition coefficient (Wildman–Crippen LogP) is 10.9. The summed E-state index contributed by atoms with van der Waals surface area (Å²) in [6.45, 7) is 16.2. The van der Waals surface area contributed by atoms with Gasteiger partial charge >= 0.3 is 0 Å². The molecular formula is C37H50IrNO3-. The van der Waals surface area contributed by atoms with Crippen LogP contribution in [0.1, 0.15) is 123 Å². The first-order valence-electron chi connectivity index (χ1n) is 15.4. The van der Waals surface area contributed by atoms with Crippen molar-refractivity contribution in [2.24, 2.45) is 10.8 Å². The van der Waals surface area contributed by atoms with E-state index in [4.69, 9.17) is 4.74 Å². The number of ether oxygens (including phenoxy) is 1. The third-order valence-electron chi connectivity index (χ3n) is 8.88. The Hall–Kier alpha value is -2.49. The molecular weight excluding hydrogens is 699 g/mol. The first-order chi connectivity index (χ1) is 19.4. The monoisotopic (exact) mass is 749 g/mol. The SMILES string of the molecule is CC(C)c1ccc2cnc(Oc3[c-]cccc3)cc2c1C1CCCCC1.CCC(C)(C)C(=O)/C=C(\O)C(C)(C)CC.[Ir]. The summed E-state index contributed by atoms with van der Waals surface area (Å²) in [6, 6.07) is 17.4. The molecule has 1 saturated carbocycles. The van der Waals surface area contributed by atoms with E-state index in [1.165, 1.54) is 60.1 Å². The zero-order valence-electron chi connectivity index (χ0n) is 26.8. The smallest absolute Gasteiger partial charge is 0.217 e. The molecule has 1 heterocycles. The van der Waals surface area contributed by atoms with E-state index in [1.54, 1.807) is 0 Å². The number of nitrogens with zero attached hydrogens (tertiary/aromatic N) is 1. The molecule has 1 fully saturated rings. The second kappa shape index (κ2) is 15.8. The summed E-state index contributed by atoms with van der Waals surface area (Å²) in [7, 11) is 0. The molecule has 5 heteroatoms. The molecule has 1 aliphatic carbocycles. The molecule has 4 nitrogen and oxygen atoms in total. The maximum atomic E-state index is 11.8. The Morgan fingerprint density at radius 3 is 2.29 bits per heavy atom. The number of rotatable bonds is 9. The predicted molar refractivity (Wildman–Crippen MR) is 171 cm³/mol. The molecule has 1 aromatic heterocycles. The largest absolute Gasteiger partial charge is 0.512 e. The molecule has 1 aliphatic rings. The molecule has 4 rings (SSSR count). The fourth-order valence-corrected chi connectivity index (χ4v) is 5.07. The Kier molecular flexibility index (Phi) is 13.5. The standard InChI is InChI=1S/C24H26NO.C13H24O2.Ir/c1-17(2)21-14-13-19-16-25-23(26-20-11-7-4-8-12-20)15-22(19)24(21)18-9-5-3-6-10-18;1-7-12(3,4)10(14)9-11(15)13(5,6)8-2;/h4,7-8,11,13-18H,3,5-6,9-10H2,1-2H3;9,14H,7-8H2,1-6H3;/q-1;;/b;10-9-;. The van der Waals surface area contributed by atoms with Crippen LogP contribution in [0.15, 0.2) is 60.5 Å². The van der Waals surface area contributed by atoms with E-state index in [9.17, 15) is 9.90 Å². The van der Waals surface area contributed by atoms with Gasteiger partial charge in [-0.15, -0.1) is 12.1 Å². The summed E-state index contributed by atoms with van der Waals surface area (Å²) >= 11 is 0. The van der Waals surface area contributed by atoms with Gasteiger partial charge in [-0.1, -0.05) is 86.8 Å². The third kappa shape index (κ3) is 9.25. The van der Waals surface area contributed by atoms with Crippen molar-refractivity contribution < 1.29 is 34.7 Å². The first-order valence-corrected chi connectivity index (χ1v) is 15.4. The van der Waals surface area contributed by atoms with Crippen LogP contribution < -0.4 is 4.74 Å². The van der Waals surface area contributed by atoms with Crippen LogP contribution >= 0.6 is 0 Å². The average Bonchev–Trinajstić information content (AvgIpc) is 2.97. The number of ketones is 1. The number of hydrogen-bond donors (Lipinski definition) is 1. The van der Waals surface area contributed by atoms with Crippen molar-refractivity contribution in [3.05, 3.63) is 77.7 Å². The molecule has 42 heavy (non-hydrogen) atoms. The molecule has 1 radical (unpaired) electrons. The summed E-state index contributed by atoms with van der Waals surface area (Å²) in [5.41, 5.74) is 2.33. The molecule has 0 saturated heterocycles. The molecule has 231 valence electrons. The molecule has 0 atom stereocenters. The van der Waals surface area contributed by atoms with Gasteiger partial charge in [-0.3, -0.25) is 4.79 Å². The zero-order chi connectivity index (χ0) is 30.2. The zero-order valence-corrected chi connectivity index (χ0v) is 29.2. The van der Waals surface area contributed by atoms with Crippen molar-refractivity contribution in [2.75, 3.05) is 0 Å². The fraction of sp³-hybridized carbons (Fsp3) is 0.514. The van der Waals surface area contributed by atoms with Gasteiger partial charge in [0.1, 0.15) is 5.76 Å². The number of carbonyl (C=O) groups excluding carboxylic acids is 1. The Bertz CT molecular complexity index is 1320.